The van der Waals surface area contributed by atoms with Crippen LogP contribution >= 0.6 is 0 Å². The van der Waals surface area contributed by atoms with Crippen molar-refractivity contribution in [3.8, 4) is 0 Å². The molecule has 7 heteroatoms. The van der Waals surface area contributed by atoms with Gasteiger partial charge in [-0.3, -0.25) is 9.59 Å². The fourth-order valence-corrected chi connectivity index (χ4v) is 4.83. The van der Waals surface area contributed by atoms with E-state index in [0.29, 0.717) is 23.2 Å². The first kappa shape index (κ1) is 26.2. The third-order valence-electron chi connectivity index (χ3n) is 6.37. The molecular weight excluding hydrogens is 428 g/mol. The zero-order valence-electron chi connectivity index (χ0n) is 21.7. The molecule has 0 spiro atoms. The van der Waals surface area contributed by atoms with Crippen LogP contribution < -0.4 is 0 Å². The average Bonchev–Trinajstić information content (AvgIpc) is 3.14. The number of methoxy groups -OCH3 is 1. The summed E-state index contributed by atoms with van der Waals surface area (Å²) in [5, 5.41) is 0. The number of piperidine rings is 1. The number of aryl methyl sites for hydroxylation is 1. The molecule has 2 heterocycles. The minimum atomic E-state index is -0.302. The number of rotatable bonds is 11. The van der Waals surface area contributed by atoms with Gasteiger partial charge in [0.25, 0.3) is 5.91 Å². The molecule has 1 aromatic heterocycles. The van der Waals surface area contributed by atoms with Gasteiger partial charge in [-0.05, 0) is 68.9 Å². The van der Waals surface area contributed by atoms with Gasteiger partial charge in [0, 0.05) is 25.2 Å². The molecular formula is C27H42N4O3. The number of nitrogens with zero attached hydrogens (tertiary/aromatic N) is 4. The maximum atomic E-state index is 13.4. The lowest BCUT2D eigenvalue weighted by Crippen LogP contribution is -2.37. The van der Waals surface area contributed by atoms with Gasteiger partial charge in [-0.1, -0.05) is 34.1 Å². The minimum absolute atomic E-state index is 0.0554. The molecule has 2 aromatic rings. The Bertz CT molecular complexity index is 950. The number of carbonyl (C=O) groups excluding carboxylic acids is 2. The number of esters is 1. The molecule has 0 bridgehead atoms. The van der Waals surface area contributed by atoms with Crippen LogP contribution in [0, 0.1) is 11.8 Å². The van der Waals surface area contributed by atoms with Gasteiger partial charge in [0.05, 0.1) is 18.1 Å². The summed E-state index contributed by atoms with van der Waals surface area (Å²) < 4.78 is 7.02. The Labute approximate surface area is 204 Å². The number of imidazole rings is 1. The van der Waals surface area contributed by atoms with Crippen molar-refractivity contribution in [2.24, 2.45) is 11.8 Å². The fourth-order valence-electron chi connectivity index (χ4n) is 4.83. The molecule has 1 fully saturated rings. The highest BCUT2D eigenvalue weighted by molar-refractivity contribution is 5.97. The Balaban J connectivity index is 1.87. The van der Waals surface area contributed by atoms with Crippen molar-refractivity contribution in [1.82, 2.24) is 19.4 Å². The number of ether oxygens (including phenoxy) is 1. The first-order valence-electron chi connectivity index (χ1n) is 12.9. The first-order valence-corrected chi connectivity index (χ1v) is 12.9. The number of amides is 1. The maximum Gasteiger partial charge on any atom is 0.313 e. The highest BCUT2D eigenvalue weighted by Gasteiger charge is 2.21. The lowest BCUT2D eigenvalue weighted by molar-refractivity contribution is -0.139. The second-order valence-corrected chi connectivity index (χ2v) is 10.4. The summed E-state index contributed by atoms with van der Waals surface area (Å²) in [6.45, 7) is 14.2. The Morgan fingerprint density at radius 2 is 1.71 bits per heavy atom. The molecule has 0 radical (unpaired) electrons. The van der Waals surface area contributed by atoms with E-state index < -0.39 is 0 Å². The second kappa shape index (κ2) is 12.3. The van der Waals surface area contributed by atoms with Crippen molar-refractivity contribution in [3.05, 3.63) is 29.6 Å². The summed E-state index contributed by atoms with van der Waals surface area (Å²) >= 11 is 0. The van der Waals surface area contributed by atoms with E-state index in [1.165, 1.54) is 39.5 Å². The van der Waals surface area contributed by atoms with Gasteiger partial charge < -0.3 is 19.1 Å². The monoisotopic (exact) mass is 470 g/mol. The van der Waals surface area contributed by atoms with E-state index in [9.17, 15) is 9.59 Å². The van der Waals surface area contributed by atoms with Crippen molar-refractivity contribution >= 4 is 22.9 Å². The standard InChI is InChI=1S/C27H42N4O3/c1-20(2)18-30(19-21(3)4)27(33)22-10-11-23-24(16-22)31(25(28-23)17-26(32)34-5)15-9-14-29-12-7-6-8-13-29/h10-11,16,20-21H,6-9,12-15,17-19H2,1-5H3. The van der Waals surface area contributed by atoms with E-state index in [1.807, 2.05) is 23.1 Å². The minimum Gasteiger partial charge on any atom is -0.469 e. The van der Waals surface area contributed by atoms with Gasteiger partial charge in [-0.25, -0.2) is 4.98 Å². The summed E-state index contributed by atoms with van der Waals surface area (Å²) in [6.07, 6.45) is 4.98. The van der Waals surface area contributed by atoms with Crippen LogP contribution in [-0.4, -0.2) is 71.1 Å². The topological polar surface area (TPSA) is 67.7 Å². The quantitative estimate of drug-likeness (QED) is 0.456. The Kier molecular flexibility index (Phi) is 9.51. The molecule has 1 aromatic carbocycles. The van der Waals surface area contributed by atoms with Crippen molar-refractivity contribution in [2.75, 3.05) is 39.8 Å². The smallest absolute Gasteiger partial charge is 0.313 e. The third-order valence-corrected chi connectivity index (χ3v) is 6.37. The molecule has 0 aliphatic carbocycles. The number of hydrogen-bond acceptors (Lipinski definition) is 5. The van der Waals surface area contributed by atoms with Crippen LogP contribution in [-0.2, 0) is 22.5 Å². The van der Waals surface area contributed by atoms with Crippen LogP contribution in [0.5, 0.6) is 0 Å². The molecule has 1 saturated heterocycles. The van der Waals surface area contributed by atoms with Gasteiger partial charge in [0.1, 0.15) is 12.2 Å². The van der Waals surface area contributed by atoms with Crippen molar-refractivity contribution in [1.29, 1.82) is 0 Å². The van der Waals surface area contributed by atoms with E-state index in [4.69, 9.17) is 9.72 Å². The molecule has 3 rings (SSSR count). The van der Waals surface area contributed by atoms with Gasteiger partial charge in [-0.2, -0.15) is 0 Å². The van der Waals surface area contributed by atoms with Crippen molar-refractivity contribution in [3.63, 3.8) is 0 Å². The molecule has 0 saturated carbocycles. The predicted octanol–water partition coefficient (Wildman–Crippen LogP) is 4.38. The van der Waals surface area contributed by atoms with Crippen molar-refractivity contribution < 1.29 is 14.3 Å². The van der Waals surface area contributed by atoms with Crippen LogP contribution in [0.3, 0.4) is 0 Å². The number of aromatic nitrogens is 2. The zero-order valence-corrected chi connectivity index (χ0v) is 21.7. The van der Waals surface area contributed by atoms with E-state index in [1.54, 1.807) is 0 Å². The summed E-state index contributed by atoms with van der Waals surface area (Å²) in [5.41, 5.74) is 2.40. The van der Waals surface area contributed by atoms with Crippen LogP contribution in [0.25, 0.3) is 11.0 Å². The first-order chi connectivity index (χ1) is 16.3. The molecule has 0 unspecified atom stereocenters. The number of likely N-dealkylation sites (tertiary alicyclic amines) is 1. The Hall–Kier alpha value is -2.41. The second-order valence-electron chi connectivity index (χ2n) is 10.4. The maximum absolute atomic E-state index is 13.4. The SMILES string of the molecule is COC(=O)Cc1nc2ccc(C(=O)N(CC(C)C)CC(C)C)cc2n1CCCN1CCCCC1. The number of benzene rings is 1. The van der Waals surface area contributed by atoms with Crippen LogP contribution in [0.1, 0.15) is 69.6 Å². The molecule has 188 valence electrons. The summed E-state index contributed by atoms with van der Waals surface area (Å²) in [4.78, 5) is 34.7. The van der Waals surface area contributed by atoms with Gasteiger partial charge >= 0.3 is 5.97 Å². The summed E-state index contributed by atoms with van der Waals surface area (Å²) in [5.74, 6) is 1.26. The molecule has 1 aliphatic heterocycles. The van der Waals surface area contributed by atoms with E-state index >= 15 is 0 Å². The number of hydrogen-bond donors (Lipinski definition) is 0. The summed E-state index contributed by atoms with van der Waals surface area (Å²) in [7, 11) is 1.40. The molecule has 0 N–H and O–H groups in total. The van der Waals surface area contributed by atoms with Crippen LogP contribution in [0.2, 0.25) is 0 Å². The van der Waals surface area contributed by atoms with Crippen LogP contribution in [0.4, 0.5) is 0 Å². The van der Waals surface area contributed by atoms with E-state index in [-0.39, 0.29) is 18.3 Å². The molecule has 0 atom stereocenters. The Morgan fingerprint density at radius 3 is 2.32 bits per heavy atom. The van der Waals surface area contributed by atoms with E-state index in [0.717, 1.165) is 43.6 Å². The lowest BCUT2D eigenvalue weighted by atomic mass is 10.1. The van der Waals surface area contributed by atoms with Crippen molar-refractivity contribution in [2.45, 2.75) is 66.3 Å². The highest BCUT2D eigenvalue weighted by Crippen LogP contribution is 2.22. The largest absolute Gasteiger partial charge is 0.469 e. The van der Waals surface area contributed by atoms with Gasteiger partial charge in [-0.15, -0.1) is 0 Å². The normalized spacial score (nSPS) is 14.8. The zero-order chi connectivity index (χ0) is 24.7. The number of fused-ring (bicyclic) bond motifs is 1. The average molecular weight is 471 g/mol. The molecule has 7 nitrogen and oxygen atoms in total. The predicted molar refractivity (Wildman–Crippen MR) is 136 cm³/mol. The highest BCUT2D eigenvalue weighted by atomic mass is 16.5. The molecule has 34 heavy (non-hydrogen) atoms. The molecule has 1 amide bonds. The lowest BCUT2D eigenvalue weighted by Gasteiger charge is -2.27. The van der Waals surface area contributed by atoms with Crippen LogP contribution in [0.15, 0.2) is 18.2 Å². The third kappa shape index (κ3) is 7.05. The van der Waals surface area contributed by atoms with Gasteiger partial charge in [0.2, 0.25) is 0 Å². The van der Waals surface area contributed by atoms with E-state index in [2.05, 4.69) is 37.2 Å². The molecule has 1 aliphatic rings. The summed E-state index contributed by atoms with van der Waals surface area (Å²) in [6, 6.07) is 5.73. The van der Waals surface area contributed by atoms with Gasteiger partial charge in [0.15, 0.2) is 0 Å². The fraction of sp³-hybridized carbons (Fsp3) is 0.667. The number of carbonyl (C=O) groups is 2. The Morgan fingerprint density at radius 1 is 1.03 bits per heavy atom.